The largest absolute Gasteiger partial charge is 0.478 e. The first-order valence-electron chi connectivity index (χ1n) is 4.82. The average molecular weight is 275 g/mol. The number of aromatic carboxylic acids is 1. The van der Waals surface area contributed by atoms with Crippen LogP contribution in [0, 0.1) is 0 Å². The van der Waals surface area contributed by atoms with E-state index in [-0.39, 0.29) is 11.3 Å². The molecule has 0 amide bonds. The predicted molar refractivity (Wildman–Crippen MR) is 67.1 cm³/mol. The van der Waals surface area contributed by atoms with Crippen LogP contribution >= 0.6 is 11.8 Å². The van der Waals surface area contributed by atoms with E-state index in [9.17, 15) is 13.2 Å². The van der Waals surface area contributed by atoms with Crippen LogP contribution < -0.4 is 0 Å². The minimum Gasteiger partial charge on any atom is -0.478 e. The number of sulfone groups is 1. The third-order valence-corrected chi connectivity index (χ3v) is 4.12. The molecule has 0 fully saturated rings. The molecule has 0 aliphatic rings. The molecule has 7 heteroatoms. The van der Waals surface area contributed by atoms with Crippen LogP contribution in [0.25, 0.3) is 0 Å². The van der Waals surface area contributed by atoms with Crippen molar-refractivity contribution < 1.29 is 18.3 Å². The van der Waals surface area contributed by atoms with Gasteiger partial charge < -0.3 is 5.11 Å². The molecule has 1 rings (SSSR count). The number of hydrogen-bond donors (Lipinski definition) is 1. The molecular formula is C10H13NO4S2. The van der Waals surface area contributed by atoms with Crippen LogP contribution in [-0.4, -0.2) is 42.2 Å². The number of pyridine rings is 1. The molecule has 94 valence electrons. The highest BCUT2D eigenvalue weighted by Crippen LogP contribution is 2.11. The summed E-state index contributed by atoms with van der Waals surface area (Å²) in [5, 5.41) is 8.67. The molecule has 0 bridgehead atoms. The summed E-state index contributed by atoms with van der Waals surface area (Å²) in [5.41, 5.74) is 0.892. The number of carboxylic acids is 1. The van der Waals surface area contributed by atoms with Crippen molar-refractivity contribution in [2.45, 2.75) is 5.75 Å². The van der Waals surface area contributed by atoms with Gasteiger partial charge in [0.15, 0.2) is 0 Å². The molecular weight excluding hydrogens is 262 g/mol. The van der Waals surface area contributed by atoms with Crippen molar-refractivity contribution in [2.75, 3.05) is 17.8 Å². The van der Waals surface area contributed by atoms with E-state index in [1.165, 1.54) is 30.3 Å². The van der Waals surface area contributed by atoms with E-state index in [0.29, 0.717) is 11.5 Å². The Labute approximate surface area is 104 Å². The third kappa shape index (κ3) is 5.69. The van der Waals surface area contributed by atoms with E-state index < -0.39 is 15.8 Å². The number of hydrogen-bond acceptors (Lipinski definition) is 5. The lowest BCUT2D eigenvalue weighted by molar-refractivity contribution is 0.0696. The van der Waals surface area contributed by atoms with Crippen LogP contribution in [0.3, 0.4) is 0 Å². The van der Waals surface area contributed by atoms with Crippen molar-refractivity contribution in [3.05, 3.63) is 29.6 Å². The first kappa shape index (κ1) is 14.0. The Kier molecular flexibility index (Phi) is 4.95. The molecule has 0 aliphatic heterocycles. The van der Waals surface area contributed by atoms with E-state index in [0.717, 1.165) is 5.69 Å². The van der Waals surface area contributed by atoms with E-state index in [2.05, 4.69) is 4.98 Å². The van der Waals surface area contributed by atoms with Gasteiger partial charge in [0.1, 0.15) is 9.84 Å². The smallest absolute Gasteiger partial charge is 0.337 e. The van der Waals surface area contributed by atoms with Crippen LogP contribution in [0.2, 0.25) is 0 Å². The second-order valence-electron chi connectivity index (χ2n) is 3.53. The fourth-order valence-electron chi connectivity index (χ4n) is 1.02. The fraction of sp³-hybridized carbons (Fsp3) is 0.400. The molecule has 0 spiro atoms. The second-order valence-corrected chi connectivity index (χ2v) is 6.89. The van der Waals surface area contributed by atoms with Crippen molar-refractivity contribution in [3.8, 4) is 0 Å². The van der Waals surface area contributed by atoms with Crippen molar-refractivity contribution in [1.82, 2.24) is 4.98 Å². The van der Waals surface area contributed by atoms with Crippen LogP contribution in [-0.2, 0) is 15.6 Å². The zero-order chi connectivity index (χ0) is 12.9. The van der Waals surface area contributed by atoms with Gasteiger partial charge in [-0.05, 0) is 12.1 Å². The van der Waals surface area contributed by atoms with Gasteiger partial charge in [-0.1, -0.05) is 0 Å². The molecule has 17 heavy (non-hydrogen) atoms. The molecule has 1 N–H and O–H groups in total. The van der Waals surface area contributed by atoms with E-state index in [1.54, 1.807) is 6.07 Å². The molecule has 1 aromatic rings. The first-order chi connectivity index (χ1) is 7.88. The van der Waals surface area contributed by atoms with Gasteiger partial charge in [0.2, 0.25) is 0 Å². The van der Waals surface area contributed by atoms with Gasteiger partial charge in [-0.2, -0.15) is 11.8 Å². The molecule has 0 aliphatic carbocycles. The van der Waals surface area contributed by atoms with Gasteiger partial charge in [0.25, 0.3) is 0 Å². The SMILES string of the molecule is CS(=O)(=O)CCSCc1ccc(C(=O)O)cn1. The summed E-state index contributed by atoms with van der Waals surface area (Å²) in [7, 11) is -2.92. The lowest BCUT2D eigenvalue weighted by Gasteiger charge is -2.01. The number of carboxylic acid groups (broad SMARTS) is 1. The maximum Gasteiger partial charge on any atom is 0.337 e. The van der Waals surface area contributed by atoms with Gasteiger partial charge in [0, 0.05) is 24.0 Å². The first-order valence-corrected chi connectivity index (χ1v) is 8.04. The number of aromatic nitrogens is 1. The highest BCUT2D eigenvalue weighted by molar-refractivity contribution is 7.99. The van der Waals surface area contributed by atoms with Crippen molar-refractivity contribution >= 4 is 27.6 Å². The van der Waals surface area contributed by atoms with E-state index >= 15 is 0 Å². The average Bonchev–Trinajstić information content (AvgIpc) is 2.24. The van der Waals surface area contributed by atoms with Gasteiger partial charge in [0.05, 0.1) is 17.0 Å². The minimum absolute atomic E-state index is 0.144. The normalized spacial score (nSPS) is 11.4. The van der Waals surface area contributed by atoms with Crippen molar-refractivity contribution in [3.63, 3.8) is 0 Å². The second kappa shape index (κ2) is 6.02. The summed E-state index contributed by atoms with van der Waals surface area (Å²) >= 11 is 1.46. The topological polar surface area (TPSA) is 84.3 Å². The molecule has 0 radical (unpaired) electrons. The molecule has 1 heterocycles. The summed E-state index contributed by atoms with van der Waals surface area (Å²) in [4.78, 5) is 14.6. The summed E-state index contributed by atoms with van der Waals surface area (Å²) in [5.74, 6) is 0.232. The summed E-state index contributed by atoms with van der Waals surface area (Å²) in [6, 6.07) is 3.12. The van der Waals surface area contributed by atoms with Gasteiger partial charge in [-0.25, -0.2) is 13.2 Å². The van der Waals surface area contributed by atoms with Gasteiger partial charge >= 0.3 is 5.97 Å². The fourth-order valence-corrected chi connectivity index (χ4v) is 3.23. The lowest BCUT2D eigenvalue weighted by atomic mass is 10.2. The molecule has 1 aromatic heterocycles. The monoisotopic (exact) mass is 275 g/mol. The number of carbonyl (C=O) groups is 1. The van der Waals surface area contributed by atoms with Crippen LogP contribution in [0.1, 0.15) is 16.1 Å². The third-order valence-electron chi connectivity index (χ3n) is 1.92. The predicted octanol–water partition coefficient (Wildman–Crippen LogP) is 1.06. The Morgan fingerprint density at radius 2 is 2.18 bits per heavy atom. The van der Waals surface area contributed by atoms with E-state index in [4.69, 9.17) is 5.11 Å². The van der Waals surface area contributed by atoms with Gasteiger partial charge in [-0.3, -0.25) is 4.98 Å². The Morgan fingerprint density at radius 3 is 2.65 bits per heavy atom. The lowest BCUT2D eigenvalue weighted by Crippen LogP contribution is -2.05. The summed E-state index contributed by atoms with van der Waals surface area (Å²) < 4.78 is 21.7. The quantitative estimate of drug-likeness (QED) is 0.781. The number of rotatable bonds is 6. The maximum atomic E-state index is 10.9. The summed E-state index contributed by atoms with van der Waals surface area (Å²) in [6.45, 7) is 0. The maximum absolute atomic E-state index is 10.9. The zero-order valence-corrected chi connectivity index (χ0v) is 10.9. The van der Waals surface area contributed by atoms with Crippen LogP contribution in [0.15, 0.2) is 18.3 Å². The van der Waals surface area contributed by atoms with E-state index in [1.807, 2.05) is 0 Å². The Bertz CT molecular complexity index is 482. The van der Waals surface area contributed by atoms with Crippen molar-refractivity contribution in [1.29, 1.82) is 0 Å². The number of nitrogens with zero attached hydrogens (tertiary/aromatic N) is 1. The molecule has 0 aromatic carbocycles. The molecule has 0 unspecified atom stereocenters. The minimum atomic E-state index is -2.92. The van der Waals surface area contributed by atoms with Crippen LogP contribution in [0.5, 0.6) is 0 Å². The summed E-state index contributed by atoms with van der Waals surface area (Å²) in [6.07, 6.45) is 2.50. The van der Waals surface area contributed by atoms with Crippen LogP contribution in [0.4, 0.5) is 0 Å². The highest BCUT2D eigenvalue weighted by Gasteiger charge is 2.04. The molecule has 5 nitrogen and oxygen atoms in total. The molecule has 0 saturated heterocycles. The Morgan fingerprint density at radius 1 is 1.47 bits per heavy atom. The standard InChI is InChI=1S/C10H13NO4S2/c1-17(14,15)5-4-16-7-9-3-2-8(6-11-9)10(12)13/h2-3,6H,4-5,7H2,1H3,(H,12,13). The van der Waals surface area contributed by atoms with Crippen molar-refractivity contribution in [2.24, 2.45) is 0 Å². The number of thioether (sulfide) groups is 1. The Balaban J connectivity index is 2.40. The highest BCUT2D eigenvalue weighted by atomic mass is 32.2. The molecule has 0 saturated carbocycles. The van der Waals surface area contributed by atoms with Gasteiger partial charge in [-0.15, -0.1) is 0 Å². The molecule has 0 atom stereocenters. The Hall–Kier alpha value is -1.08. The zero-order valence-electron chi connectivity index (χ0n) is 9.29.